The van der Waals surface area contributed by atoms with Gasteiger partial charge in [0.25, 0.3) is 5.91 Å². The summed E-state index contributed by atoms with van der Waals surface area (Å²) in [5.74, 6) is 0.768. The van der Waals surface area contributed by atoms with E-state index in [1.807, 2.05) is 32.0 Å². The Morgan fingerprint density at radius 2 is 1.91 bits per heavy atom. The van der Waals surface area contributed by atoms with Gasteiger partial charge in [0.15, 0.2) is 16.7 Å². The lowest BCUT2D eigenvalue weighted by molar-refractivity contribution is 0.0951. The molecule has 0 bridgehead atoms. The number of thiocarbonyl (C=S) groups is 1. The van der Waals surface area contributed by atoms with Gasteiger partial charge in [-0.25, -0.2) is 0 Å². The topological polar surface area (TPSA) is 97.3 Å². The van der Waals surface area contributed by atoms with Crippen molar-refractivity contribution in [3.8, 4) is 21.9 Å². The second kappa shape index (κ2) is 9.38. The van der Waals surface area contributed by atoms with Crippen LogP contribution in [0.2, 0.25) is 10.0 Å². The minimum absolute atomic E-state index is 0.0933. The zero-order valence-corrected chi connectivity index (χ0v) is 21.4. The van der Waals surface area contributed by atoms with Gasteiger partial charge in [0.05, 0.1) is 5.02 Å². The number of hydrogen-bond acceptors (Lipinski definition) is 7. The summed E-state index contributed by atoms with van der Waals surface area (Å²) in [6.07, 6.45) is 0. The first-order chi connectivity index (χ1) is 16.8. The summed E-state index contributed by atoms with van der Waals surface area (Å²) in [4.78, 5) is 13.4. The molecule has 5 aromatic rings. The SMILES string of the molecule is Cc1c(NC(=S)NC(=O)c2ccc(-c3ccc(Cl)cc3Cl)o2)cccc1-c1nn2c(C)nnc2s1. The highest BCUT2D eigenvalue weighted by Crippen LogP contribution is 2.33. The van der Waals surface area contributed by atoms with Crippen molar-refractivity contribution >= 4 is 68.4 Å². The molecule has 8 nitrogen and oxygen atoms in total. The Kier molecular flexibility index (Phi) is 6.28. The Morgan fingerprint density at radius 1 is 1.09 bits per heavy atom. The van der Waals surface area contributed by atoms with E-state index >= 15 is 0 Å². The first-order valence-corrected chi connectivity index (χ1v) is 12.2. The van der Waals surface area contributed by atoms with Gasteiger partial charge in [0.2, 0.25) is 4.96 Å². The molecule has 0 aliphatic heterocycles. The van der Waals surface area contributed by atoms with Crippen molar-refractivity contribution in [3.63, 3.8) is 0 Å². The molecule has 35 heavy (non-hydrogen) atoms. The maximum Gasteiger partial charge on any atom is 0.293 e. The molecule has 0 saturated carbocycles. The first-order valence-electron chi connectivity index (χ1n) is 10.3. The highest BCUT2D eigenvalue weighted by atomic mass is 35.5. The molecule has 2 aromatic carbocycles. The third kappa shape index (κ3) is 4.65. The number of amides is 1. The number of carbonyl (C=O) groups excluding carboxylic acids is 1. The van der Waals surface area contributed by atoms with Crippen molar-refractivity contribution < 1.29 is 9.21 Å². The predicted molar refractivity (Wildman–Crippen MR) is 141 cm³/mol. The number of fused-ring (bicyclic) bond motifs is 1. The van der Waals surface area contributed by atoms with E-state index in [2.05, 4.69) is 25.9 Å². The third-order valence-corrected chi connectivity index (χ3v) is 6.90. The van der Waals surface area contributed by atoms with Crippen LogP contribution in [0.3, 0.4) is 0 Å². The van der Waals surface area contributed by atoms with E-state index in [1.54, 1.807) is 34.8 Å². The van der Waals surface area contributed by atoms with E-state index < -0.39 is 5.91 Å². The average molecular weight is 543 g/mol. The van der Waals surface area contributed by atoms with E-state index in [0.29, 0.717) is 21.4 Å². The van der Waals surface area contributed by atoms with Crippen molar-refractivity contribution in [3.05, 3.63) is 75.7 Å². The lowest BCUT2D eigenvalue weighted by Crippen LogP contribution is -2.34. The van der Waals surface area contributed by atoms with Gasteiger partial charge in [-0.1, -0.05) is 46.7 Å². The van der Waals surface area contributed by atoms with Crippen LogP contribution >= 0.6 is 46.8 Å². The Hall–Kier alpha value is -3.31. The molecule has 12 heteroatoms. The van der Waals surface area contributed by atoms with Crippen LogP contribution in [0.4, 0.5) is 5.69 Å². The van der Waals surface area contributed by atoms with Gasteiger partial charge in [-0.05, 0) is 68.0 Å². The van der Waals surface area contributed by atoms with Crippen LogP contribution in [0.15, 0.2) is 52.9 Å². The molecule has 0 spiro atoms. The molecule has 3 aromatic heterocycles. The summed E-state index contributed by atoms with van der Waals surface area (Å²) in [5, 5.41) is 20.3. The van der Waals surface area contributed by atoms with Crippen LogP contribution in [0.1, 0.15) is 21.9 Å². The molecule has 176 valence electrons. The number of hydrogen-bond donors (Lipinski definition) is 2. The number of nitrogens with one attached hydrogen (secondary N) is 2. The highest BCUT2D eigenvalue weighted by Gasteiger charge is 2.17. The maximum absolute atomic E-state index is 12.7. The fourth-order valence-corrected chi connectivity index (χ4v) is 5.11. The van der Waals surface area contributed by atoms with E-state index in [4.69, 9.17) is 39.8 Å². The number of furan rings is 1. The summed E-state index contributed by atoms with van der Waals surface area (Å²) in [6, 6.07) is 14.0. The van der Waals surface area contributed by atoms with Gasteiger partial charge in [-0.15, -0.1) is 10.2 Å². The second-order valence-electron chi connectivity index (χ2n) is 7.52. The molecular formula is C23H16Cl2N6O2S2. The largest absolute Gasteiger partial charge is 0.451 e. The van der Waals surface area contributed by atoms with Gasteiger partial charge in [0.1, 0.15) is 10.8 Å². The van der Waals surface area contributed by atoms with Crippen LogP contribution in [0.25, 0.3) is 26.9 Å². The van der Waals surface area contributed by atoms with Crippen LogP contribution < -0.4 is 10.6 Å². The molecule has 0 fully saturated rings. The fraction of sp³-hybridized carbons (Fsp3) is 0.0870. The molecule has 1 amide bonds. The monoisotopic (exact) mass is 542 g/mol. The Morgan fingerprint density at radius 3 is 2.69 bits per heavy atom. The summed E-state index contributed by atoms with van der Waals surface area (Å²) in [5.41, 5.74) is 3.21. The van der Waals surface area contributed by atoms with Gasteiger partial charge in [-0.2, -0.15) is 9.61 Å². The van der Waals surface area contributed by atoms with Gasteiger partial charge >= 0.3 is 0 Å². The molecule has 0 radical (unpaired) electrons. The second-order valence-corrected chi connectivity index (χ2v) is 9.73. The Bertz CT molecular complexity index is 1610. The molecule has 0 atom stereocenters. The van der Waals surface area contributed by atoms with Crippen molar-refractivity contribution in [2.75, 3.05) is 5.32 Å². The quantitative estimate of drug-likeness (QED) is 0.262. The van der Waals surface area contributed by atoms with Crippen LogP contribution in [-0.2, 0) is 0 Å². The standard InChI is InChI=1S/C23H16Cl2N6O2S2/c1-11-14(21-30-31-12(2)28-29-23(31)35-21)4-3-5-17(11)26-22(34)27-20(32)19-9-8-18(33-19)15-7-6-13(24)10-16(15)25/h3-10H,1-2H3,(H2,26,27,32,34). The van der Waals surface area contributed by atoms with Gasteiger partial charge < -0.3 is 9.73 Å². The van der Waals surface area contributed by atoms with Gasteiger partial charge in [0, 0.05) is 21.8 Å². The maximum atomic E-state index is 12.7. The molecule has 0 saturated heterocycles. The number of carbonyl (C=O) groups is 1. The van der Waals surface area contributed by atoms with Crippen molar-refractivity contribution in [2.45, 2.75) is 13.8 Å². The lowest BCUT2D eigenvalue weighted by atomic mass is 10.1. The molecule has 0 unspecified atom stereocenters. The summed E-state index contributed by atoms with van der Waals surface area (Å²) in [6.45, 7) is 3.80. The van der Waals surface area contributed by atoms with Gasteiger partial charge in [-0.3, -0.25) is 10.1 Å². The lowest BCUT2D eigenvalue weighted by Gasteiger charge is -2.13. The number of rotatable bonds is 4. The minimum Gasteiger partial charge on any atom is -0.451 e. The van der Waals surface area contributed by atoms with E-state index in [0.717, 1.165) is 32.6 Å². The Labute approximate surface area is 218 Å². The normalized spacial score (nSPS) is 11.1. The number of anilines is 1. The van der Waals surface area contributed by atoms with Crippen molar-refractivity contribution in [1.82, 2.24) is 25.1 Å². The molecule has 5 rings (SSSR count). The number of aryl methyl sites for hydroxylation is 1. The molecule has 2 N–H and O–H groups in total. The zero-order valence-electron chi connectivity index (χ0n) is 18.3. The fourth-order valence-electron chi connectivity index (χ4n) is 3.44. The van der Waals surface area contributed by atoms with Crippen molar-refractivity contribution in [2.24, 2.45) is 0 Å². The summed E-state index contributed by atoms with van der Waals surface area (Å²) < 4.78 is 7.40. The summed E-state index contributed by atoms with van der Waals surface area (Å²) >= 11 is 19.0. The number of benzene rings is 2. The number of halogens is 2. The molecule has 0 aliphatic carbocycles. The molecule has 0 aliphatic rings. The minimum atomic E-state index is -0.489. The predicted octanol–water partition coefficient (Wildman–Crippen LogP) is 6.16. The van der Waals surface area contributed by atoms with E-state index in [-0.39, 0.29) is 10.9 Å². The number of aromatic nitrogens is 4. The molecular weight excluding hydrogens is 527 g/mol. The summed E-state index contributed by atoms with van der Waals surface area (Å²) in [7, 11) is 0. The molecule has 3 heterocycles. The van der Waals surface area contributed by atoms with Crippen LogP contribution in [-0.4, -0.2) is 30.8 Å². The average Bonchev–Trinajstić information content (AvgIpc) is 3.53. The van der Waals surface area contributed by atoms with E-state index in [9.17, 15) is 4.79 Å². The van der Waals surface area contributed by atoms with Crippen molar-refractivity contribution in [1.29, 1.82) is 0 Å². The zero-order chi connectivity index (χ0) is 24.7. The van der Waals surface area contributed by atoms with Crippen LogP contribution in [0.5, 0.6) is 0 Å². The first kappa shape index (κ1) is 23.4. The van der Waals surface area contributed by atoms with Crippen LogP contribution in [0, 0.1) is 13.8 Å². The third-order valence-electron chi connectivity index (χ3n) is 5.21. The Balaban J connectivity index is 1.30. The number of nitrogens with zero attached hydrogens (tertiary/aromatic N) is 4. The smallest absolute Gasteiger partial charge is 0.293 e. The highest BCUT2D eigenvalue weighted by molar-refractivity contribution is 7.80. The van der Waals surface area contributed by atoms with E-state index in [1.165, 1.54) is 11.3 Å².